The van der Waals surface area contributed by atoms with Crippen molar-refractivity contribution in [3.05, 3.63) is 48.0 Å². The second-order valence-electron chi connectivity index (χ2n) is 4.99. The quantitative estimate of drug-likeness (QED) is 0.753. The first-order chi connectivity index (χ1) is 11.2. The highest BCUT2D eigenvalue weighted by Gasteiger charge is 2.15. The lowest BCUT2D eigenvalue weighted by Crippen LogP contribution is -2.01. The van der Waals surface area contributed by atoms with Gasteiger partial charge in [0.2, 0.25) is 5.82 Å². The zero-order chi connectivity index (χ0) is 16.2. The summed E-state index contributed by atoms with van der Waals surface area (Å²) in [5, 5.41) is 22.8. The summed E-state index contributed by atoms with van der Waals surface area (Å²) in [4.78, 5) is 4.35. The predicted molar refractivity (Wildman–Crippen MR) is 84.2 cm³/mol. The van der Waals surface area contributed by atoms with Crippen molar-refractivity contribution in [3.63, 3.8) is 0 Å². The molecule has 0 amide bonds. The van der Waals surface area contributed by atoms with Crippen LogP contribution < -0.4 is 4.74 Å². The zero-order valence-electron chi connectivity index (χ0n) is 12.6. The molecule has 0 spiro atoms. The number of hydrogen-bond donors (Lipinski definition) is 2. The maximum atomic E-state index is 10.1. The van der Waals surface area contributed by atoms with Crippen LogP contribution in [-0.2, 0) is 0 Å². The molecule has 0 aliphatic heterocycles. The van der Waals surface area contributed by atoms with Gasteiger partial charge in [-0.1, -0.05) is 29.4 Å². The molecule has 2 N–H and O–H groups in total. The Hall–Kier alpha value is -2.86. The molecule has 0 aliphatic rings. The summed E-state index contributed by atoms with van der Waals surface area (Å²) in [5.74, 6) is 1.13. The van der Waals surface area contributed by atoms with Gasteiger partial charge in [0.15, 0.2) is 0 Å². The molecule has 0 saturated carbocycles. The minimum absolute atomic E-state index is 0.0274. The Morgan fingerprint density at radius 3 is 2.70 bits per heavy atom. The van der Waals surface area contributed by atoms with E-state index >= 15 is 0 Å². The van der Waals surface area contributed by atoms with Gasteiger partial charge in [-0.25, -0.2) is 0 Å². The van der Waals surface area contributed by atoms with Crippen LogP contribution in [0.4, 0.5) is 0 Å². The summed E-state index contributed by atoms with van der Waals surface area (Å²) in [6, 6.07) is 12.5. The summed E-state index contributed by atoms with van der Waals surface area (Å²) in [7, 11) is 0. The number of rotatable bonds is 5. The summed E-state index contributed by atoms with van der Waals surface area (Å²) < 4.78 is 10.5. The number of benzene rings is 2. The first kappa shape index (κ1) is 15.1. The van der Waals surface area contributed by atoms with E-state index in [9.17, 15) is 5.11 Å². The molecule has 1 heterocycles. The van der Waals surface area contributed by atoms with Crippen LogP contribution >= 0.6 is 0 Å². The summed E-state index contributed by atoms with van der Waals surface area (Å²) >= 11 is 0. The molecule has 0 fully saturated rings. The molecule has 1 aromatic heterocycles. The van der Waals surface area contributed by atoms with Gasteiger partial charge in [-0.05, 0) is 24.6 Å². The molecule has 0 saturated heterocycles. The Kier molecular flexibility index (Phi) is 4.25. The summed E-state index contributed by atoms with van der Waals surface area (Å²) in [5.41, 5.74) is 2.34. The summed E-state index contributed by atoms with van der Waals surface area (Å²) in [6.45, 7) is 2.04. The van der Waals surface area contributed by atoms with E-state index in [2.05, 4.69) is 10.1 Å². The third kappa shape index (κ3) is 3.17. The molecular weight excluding hydrogens is 296 g/mol. The fourth-order valence-electron chi connectivity index (χ4n) is 2.21. The van der Waals surface area contributed by atoms with Crippen LogP contribution in [0.3, 0.4) is 0 Å². The van der Waals surface area contributed by atoms with Crippen molar-refractivity contribution in [1.82, 2.24) is 10.1 Å². The fourth-order valence-corrected chi connectivity index (χ4v) is 2.21. The second kappa shape index (κ2) is 6.50. The molecule has 0 bridgehead atoms. The Balaban J connectivity index is 1.90. The second-order valence-corrected chi connectivity index (χ2v) is 4.99. The summed E-state index contributed by atoms with van der Waals surface area (Å²) in [6.07, 6.45) is 0. The number of nitrogens with zero attached hydrogens (tertiary/aromatic N) is 2. The van der Waals surface area contributed by atoms with Crippen molar-refractivity contribution in [2.24, 2.45) is 0 Å². The zero-order valence-corrected chi connectivity index (χ0v) is 12.6. The highest BCUT2D eigenvalue weighted by molar-refractivity contribution is 5.67. The lowest BCUT2D eigenvalue weighted by Gasteiger charge is -2.06. The molecule has 3 aromatic rings. The lowest BCUT2D eigenvalue weighted by atomic mass is 10.1. The van der Waals surface area contributed by atoms with Crippen LogP contribution in [0.1, 0.15) is 5.56 Å². The average molecular weight is 312 g/mol. The molecule has 0 radical (unpaired) electrons. The fraction of sp³-hybridized carbons (Fsp3) is 0.176. The topological polar surface area (TPSA) is 88.6 Å². The predicted octanol–water partition coefficient (Wildman–Crippen LogP) is 2.79. The van der Waals surface area contributed by atoms with Gasteiger partial charge in [0.1, 0.15) is 18.1 Å². The van der Waals surface area contributed by atoms with E-state index in [4.69, 9.17) is 14.4 Å². The van der Waals surface area contributed by atoms with E-state index in [1.807, 2.05) is 31.2 Å². The van der Waals surface area contributed by atoms with Gasteiger partial charge in [0.05, 0.1) is 12.2 Å². The third-order valence-corrected chi connectivity index (χ3v) is 3.37. The van der Waals surface area contributed by atoms with Gasteiger partial charge >= 0.3 is 0 Å². The van der Waals surface area contributed by atoms with Crippen LogP contribution in [0.5, 0.6) is 11.5 Å². The van der Waals surface area contributed by atoms with Crippen LogP contribution in [0.15, 0.2) is 47.0 Å². The number of hydrogen-bond acceptors (Lipinski definition) is 6. The monoisotopic (exact) mass is 312 g/mol. The van der Waals surface area contributed by atoms with Gasteiger partial charge in [-0.15, -0.1) is 0 Å². The molecule has 0 unspecified atom stereocenters. The van der Waals surface area contributed by atoms with Crippen molar-refractivity contribution in [3.8, 4) is 34.3 Å². The van der Waals surface area contributed by atoms with Crippen LogP contribution in [0.25, 0.3) is 22.8 Å². The van der Waals surface area contributed by atoms with E-state index in [0.717, 1.165) is 11.1 Å². The van der Waals surface area contributed by atoms with Crippen molar-refractivity contribution >= 4 is 0 Å². The minimum Gasteiger partial charge on any atom is -0.507 e. The standard InChI is InChI=1S/C17H16N2O4/c1-11-4-2-3-5-13(11)16-18-17(23-19-16)14-7-6-12(10-15(14)21)22-9-8-20/h2-7,10,20-21H,8-9H2,1H3. The van der Waals surface area contributed by atoms with E-state index in [1.165, 1.54) is 6.07 Å². The van der Waals surface area contributed by atoms with Gasteiger partial charge in [-0.2, -0.15) is 4.98 Å². The molecule has 0 atom stereocenters. The Morgan fingerprint density at radius 2 is 1.96 bits per heavy atom. The molecule has 23 heavy (non-hydrogen) atoms. The molecule has 6 nitrogen and oxygen atoms in total. The molecule has 3 rings (SSSR count). The number of aromatic nitrogens is 2. The number of aliphatic hydroxyl groups is 1. The molecule has 118 valence electrons. The molecule has 2 aromatic carbocycles. The Morgan fingerprint density at radius 1 is 1.13 bits per heavy atom. The van der Waals surface area contributed by atoms with Crippen LogP contribution in [0, 0.1) is 6.92 Å². The van der Waals surface area contributed by atoms with Gasteiger partial charge in [0, 0.05) is 11.6 Å². The number of aromatic hydroxyl groups is 1. The molecular formula is C17H16N2O4. The minimum atomic E-state index is -0.0913. The highest BCUT2D eigenvalue weighted by atomic mass is 16.5. The largest absolute Gasteiger partial charge is 0.507 e. The maximum absolute atomic E-state index is 10.1. The number of aryl methyl sites for hydroxylation is 1. The lowest BCUT2D eigenvalue weighted by molar-refractivity contribution is 0.201. The third-order valence-electron chi connectivity index (χ3n) is 3.37. The van der Waals surface area contributed by atoms with Gasteiger partial charge < -0.3 is 19.5 Å². The Labute approximate surface area is 133 Å². The van der Waals surface area contributed by atoms with Gasteiger partial charge in [-0.3, -0.25) is 0 Å². The smallest absolute Gasteiger partial charge is 0.262 e. The first-order valence-corrected chi connectivity index (χ1v) is 7.16. The van der Waals surface area contributed by atoms with Crippen molar-refractivity contribution in [1.29, 1.82) is 0 Å². The molecule has 6 heteroatoms. The van der Waals surface area contributed by atoms with Crippen molar-refractivity contribution in [2.75, 3.05) is 13.2 Å². The van der Waals surface area contributed by atoms with E-state index in [1.54, 1.807) is 12.1 Å². The average Bonchev–Trinajstić information content (AvgIpc) is 3.03. The van der Waals surface area contributed by atoms with Crippen molar-refractivity contribution < 1.29 is 19.5 Å². The maximum Gasteiger partial charge on any atom is 0.262 e. The number of phenols is 1. The number of phenolic OH excluding ortho intramolecular Hbond substituents is 1. The van der Waals surface area contributed by atoms with Crippen molar-refractivity contribution in [2.45, 2.75) is 6.92 Å². The van der Waals surface area contributed by atoms with E-state index < -0.39 is 0 Å². The van der Waals surface area contributed by atoms with E-state index in [-0.39, 0.29) is 24.9 Å². The normalized spacial score (nSPS) is 10.7. The first-order valence-electron chi connectivity index (χ1n) is 7.16. The number of ether oxygens (including phenoxy) is 1. The molecule has 0 aliphatic carbocycles. The van der Waals surface area contributed by atoms with Gasteiger partial charge in [0.25, 0.3) is 5.89 Å². The Bertz CT molecular complexity index is 814. The van der Waals surface area contributed by atoms with E-state index in [0.29, 0.717) is 17.1 Å². The number of aliphatic hydroxyl groups excluding tert-OH is 1. The van der Waals surface area contributed by atoms with Crippen LogP contribution in [-0.4, -0.2) is 33.6 Å². The SMILES string of the molecule is Cc1ccccc1-c1noc(-c2ccc(OCCO)cc2O)n1. The highest BCUT2D eigenvalue weighted by Crippen LogP contribution is 2.32. The van der Waals surface area contributed by atoms with Crippen LogP contribution in [0.2, 0.25) is 0 Å².